The van der Waals surface area contributed by atoms with Crippen molar-refractivity contribution in [1.82, 2.24) is 10.3 Å². The number of hydrogen-bond donors (Lipinski definition) is 1. The summed E-state index contributed by atoms with van der Waals surface area (Å²) in [6.45, 7) is 9.33. The molecule has 112 valence electrons. The van der Waals surface area contributed by atoms with Gasteiger partial charge in [-0.1, -0.05) is 6.07 Å². The normalized spacial score (nSPS) is 20.2. The molecule has 4 nitrogen and oxygen atoms in total. The number of piperidine rings is 1. The highest BCUT2D eigenvalue weighted by Crippen LogP contribution is 2.19. The van der Waals surface area contributed by atoms with Gasteiger partial charge in [-0.05, 0) is 45.7 Å². The van der Waals surface area contributed by atoms with Gasteiger partial charge in [-0.25, -0.2) is 4.98 Å². The molecule has 2 rings (SSSR count). The van der Waals surface area contributed by atoms with Gasteiger partial charge in [-0.3, -0.25) is 0 Å². The molecule has 0 bridgehead atoms. The molecule has 1 aliphatic rings. The van der Waals surface area contributed by atoms with E-state index in [0.29, 0.717) is 6.10 Å². The number of nitrogens with zero attached hydrogens (tertiary/aromatic N) is 2. The lowest BCUT2D eigenvalue weighted by Gasteiger charge is -2.33. The average Bonchev–Trinajstić information content (AvgIpc) is 2.45. The molecule has 1 N–H and O–H groups in total. The van der Waals surface area contributed by atoms with Crippen LogP contribution in [0.3, 0.4) is 0 Å². The molecule has 1 atom stereocenters. The number of aromatic nitrogens is 1. The topological polar surface area (TPSA) is 37.4 Å². The number of pyridine rings is 1. The second-order valence-corrected chi connectivity index (χ2v) is 6.54. The van der Waals surface area contributed by atoms with Crippen molar-refractivity contribution >= 4 is 5.82 Å². The first-order chi connectivity index (χ1) is 9.48. The smallest absolute Gasteiger partial charge is 0.128 e. The van der Waals surface area contributed by atoms with Crippen LogP contribution in [0.5, 0.6) is 0 Å². The van der Waals surface area contributed by atoms with Crippen LogP contribution >= 0.6 is 0 Å². The van der Waals surface area contributed by atoms with Crippen LogP contribution in [0.4, 0.5) is 5.82 Å². The van der Waals surface area contributed by atoms with E-state index in [4.69, 9.17) is 9.72 Å². The van der Waals surface area contributed by atoms with E-state index in [9.17, 15) is 0 Å². The predicted molar refractivity (Wildman–Crippen MR) is 83.1 cm³/mol. The van der Waals surface area contributed by atoms with Crippen molar-refractivity contribution in [3.8, 4) is 0 Å². The zero-order valence-corrected chi connectivity index (χ0v) is 13.1. The molecule has 0 spiro atoms. The van der Waals surface area contributed by atoms with Crippen molar-refractivity contribution in [2.45, 2.75) is 51.8 Å². The van der Waals surface area contributed by atoms with Gasteiger partial charge in [0.15, 0.2) is 0 Å². The number of rotatable bonds is 4. The fourth-order valence-electron chi connectivity index (χ4n) is 2.44. The maximum absolute atomic E-state index is 5.48. The summed E-state index contributed by atoms with van der Waals surface area (Å²) in [5, 5.41) is 3.48. The number of ether oxygens (including phenoxy) is 1. The van der Waals surface area contributed by atoms with E-state index >= 15 is 0 Å². The predicted octanol–water partition coefficient (Wildman–Crippen LogP) is 2.58. The standard InChI is InChI=1S/C16H27N3O/c1-16(2,3)17-11-13-7-5-9-15(18-13)19-10-6-8-14(12-19)20-4/h5,7,9,14,17H,6,8,10-12H2,1-4H3. The van der Waals surface area contributed by atoms with Crippen LogP contribution in [0.25, 0.3) is 0 Å². The molecule has 1 saturated heterocycles. The summed E-state index contributed by atoms with van der Waals surface area (Å²) >= 11 is 0. The number of anilines is 1. The van der Waals surface area contributed by atoms with Gasteiger partial charge in [-0.2, -0.15) is 0 Å². The Kier molecular flexibility index (Phi) is 5.00. The van der Waals surface area contributed by atoms with Crippen molar-refractivity contribution in [3.05, 3.63) is 23.9 Å². The van der Waals surface area contributed by atoms with Gasteiger partial charge in [0.1, 0.15) is 5.82 Å². The zero-order valence-electron chi connectivity index (χ0n) is 13.1. The van der Waals surface area contributed by atoms with E-state index in [2.05, 4.69) is 49.2 Å². The molecule has 1 aliphatic heterocycles. The van der Waals surface area contributed by atoms with Crippen LogP contribution in [-0.2, 0) is 11.3 Å². The molecule has 1 unspecified atom stereocenters. The fraction of sp³-hybridized carbons (Fsp3) is 0.688. The van der Waals surface area contributed by atoms with Gasteiger partial charge in [0.2, 0.25) is 0 Å². The van der Waals surface area contributed by atoms with E-state index < -0.39 is 0 Å². The molecule has 20 heavy (non-hydrogen) atoms. The molecule has 0 amide bonds. The zero-order chi connectivity index (χ0) is 14.6. The minimum absolute atomic E-state index is 0.115. The van der Waals surface area contributed by atoms with Gasteiger partial charge in [0, 0.05) is 32.3 Å². The summed E-state index contributed by atoms with van der Waals surface area (Å²) in [7, 11) is 1.80. The minimum atomic E-state index is 0.115. The van der Waals surface area contributed by atoms with Crippen molar-refractivity contribution in [1.29, 1.82) is 0 Å². The van der Waals surface area contributed by atoms with E-state index in [1.165, 1.54) is 6.42 Å². The monoisotopic (exact) mass is 277 g/mol. The lowest BCUT2D eigenvalue weighted by atomic mass is 10.1. The largest absolute Gasteiger partial charge is 0.380 e. The molecule has 0 radical (unpaired) electrons. The van der Waals surface area contributed by atoms with E-state index in [0.717, 1.165) is 37.6 Å². The lowest BCUT2D eigenvalue weighted by molar-refractivity contribution is 0.0891. The molecular formula is C16H27N3O. The van der Waals surface area contributed by atoms with E-state index in [-0.39, 0.29) is 5.54 Å². The Balaban J connectivity index is 2.01. The number of methoxy groups -OCH3 is 1. The Morgan fingerprint density at radius 2 is 2.20 bits per heavy atom. The number of hydrogen-bond acceptors (Lipinski definition) is 4. The average molecular weight is 277 g/mol. The first kappa shape index (κ1) is 15.3. The maximum atomic E-state index is 5.48. The van der Waals surface area contributed by atoms with Gasteiger partial charge in [-0.15, -0.1) is 0 Å². The SMILES string of the molecule is COC1CCCN(c2cccc(CNC(C)(C)C)n2)C1. The van der Waals surface area contributed by atoms with Crippen molar-refractivity contribution in [3.63, 3.8) is 0 Å². The Labute approximate surface area is 122 Å². The minimum Gasteiger partial charge on any atom is -0.380 e. The third kappa shape index (κ3) is 4.46. The Hall–Kier alpha value is -1.13. The van der Waals surface area contributed by atoms with Crippen LogP contribution < -0.4 is 10.2 Å². The van der Waals surface area contributed by atoms with Crippen LogP contribution in [0.2, 0.25) is 0 Å². The highest BCUT2D eigenvalue weighted by atomic mass is 16.5. The van der Waals surface area contributed by atoms with Gasteiger partial charge in [0.25, 0.3) is 0 Å². The third-order valence-corrected chi connectivity index (χ3v) is 3.63. The molecule has 4 heteroatoms. The lowest BCUT2D eigenvalue weighted by Crippen LogP contribution is -2.40. The first-order valence-electron chi connectivity index (χ1n) is 7.46. The molecule has 1 aromatic rings. The van der Waals surface area contributed by atoms with Crippen molar-refractivity contribution < 1.29 is 4.74 Å². The number of nitrogens with one attached hydrogen (secondary N) is 1. The molecule has 0 aliphatic carbocycles. The van der Waals surface area contributed by atoms with E-state index in [1.807, 2.05) is 0 Å². The quantitative estimate of drug-likeness (QED) is 0.918. The first-order valence-corrected chi connectivity index (χ1v) is 7.46. The van der Waals surface area contributed by atoms with Gasteiger partial charge < -0.3 is 15.0 Å². The second kappa shape index (κ2) is 6.55. The summed E-state index contributed by atoms with van der Waals surface area (Å²) in [4.78, 5) is 7.11. The highest BCUT2D eigenvalue weighted by molar-refractivity contribution is 5.40. The van der Waals surface area contributed by atoms with Crippen LogP contribution in [0, 0.1) is 0 Å². The summed E-state index contributed by atoms with van der Waals surface area (Å²) in [6, 6.07) is 6.27. The Bertz CT molecular complexity index is 428. The van der Waals surface area contributed by atoms with Gasteiger partial charge in [0.05, 0.1) is 11.8 Å². The second-order valence-electron chi connectivity index (χ2n) is 6.54. The van der Waals surface area contributed by atoms with Gasteiger partial charge >= 0.3 is 0 Å². The molecule has 1 fully saturated rings. The fourth-order valence-corrected chi connectivity index (χ4v) is 2.44. The van der Waals surface area contributed by atoms with Crippen molar-refractivity contribution in [2.24, 2.45) is 0 Å². The van der Waals surface area contributed by atoms with Crippen LogP contribution in [0.1, 0.15) is 39.3 Å². The summed E-state index contributed by atoms with van der Waals surface area (Å²) in [6.07, 6.45) is 2.66. The van der Waals surface area contributed by atoms with Crippen molar-refractivity contribution in [2.75, 3.05) is 25.1 Å². The van der Waals surface area contributed by atoms with E-state index in [1.54, 1.807) is 7.11 Å². The molecule has 0 aromatic carbocycles. The molecular weight excluding hydrogens is 250 g/mol. The summed E-state index contributed by atoms with van der Waals surface area (Å²) < 4.78 is 5.48. The highest BCUT2D eigenvalue weighted by Gasteiger charge is 2.20. The third-order valence-electron chi connectivity index (χ3n) is 3.63. The molecule has 1 aromatic heterocycles. The Morgan fingerprint density at radius 1 is 1.40 bits per heavy atom. The van der Waals surface area contributed by atoms with Crippen LogP contribution in [0.15, 0.2) is 18.2 Å². The maximum Gasteiger partial charge on any atom is 0.128 e. The molecule has 0 saturated carbocycles. The summed E-state index contributed by atoms with van der Waals surface area (Å²) in [5.74, 6) is 1.07. The Morgan fingerprint density at radius 3 is 2.90 bits per heavy atom. The van der Waals surface area contributed by atoms with Crippen LogP contribution in [-0.4, -0.2) is 36.8 Å². The molecule has 2 heterocycles. The summed E-state index contributed by atoms with van der Waals surface area (Å²) in [5.41, 5.74) is 1.21.